The Morgan fingerprint density at radius 1 is 1.19 bits per heavy atom. The van der Waals surface area contributed by atoms with Crippen molar-refractivity contribution in [2.75, 3.05) is 32.4 Å². The summed E-state index contributed by atoms with van der Waals surface area (Å²) in [5, 5.41) is 0. The highest BCUT2D eigenvalue weighted by Gasteiger charge is 2.45. The van der Waals surface area contributed by atoms with E-state index < -0.39 is 15.4 Å². The van der Waals surface area contributed by atoms with Crippen LogP contribution in [0.5, 0.6) is 0 Å². The maximum absolute atomic E-state index is 13.4. The molecule has 1 aromatic rings. The van der Waals surface area contributed by atoms with Crippen LogP contribution in [0.2, 0.25) is 0 Å². The fourth-order valence-electron chi connectivity index (χ4n) is 3.63. The summed E-state index contributed by atoms with van der Waals surface area (Å²) >= 11 is 0. The summed E-state index contributed by atoms with van der Waals surface area (Å²) in [4.78, 5) is 15.2. The van der Waals surface area contributed by atoms with Gasteiger partial charge in [-0.15, -0.1) is 0 Å². The van der Waals surface area contributed by atoms with Crippen molar-refractivity contribution < 1.29 is 13.2 Å². The lowest BCUT2D eigenvalue weighted by Crippen LogP contribution is -2.53. The third kappa shape index (κ3) is 4.46. The number of hydrogen-bond acceptors (Lipinski definition) is 3. The number of benzene rings is 1. The van der Waals surface area contributed by atoms with Crippen molar-refractivity contribution in [2.24, 2.45) is 5.92 Å². The van der Waals surface area contributed by atoms with E-state index in [0.29, 0.717) is 31.8 Å². The molecule has 146 valence electrons. The van der Waals surface area contributed by atoms with Gasteiger partial charge in [0, 0.05) is 26.7 Å². The summed E-state index contributed by atoms with van der Waals surface area (Å²) in [6.45, 7) is 7.49. The quantitative estimate of drug-likeness (QED) is 0.731. The standard InChI is InChI=1S/C20H32N2O3S/c1-5-26(24,25)22-15-12-20(13-16-22,18-9-7-6-8-10-18)19(23)21(4)14-11-17(2)3/h6-10,17H,5,11-16H2,1-4H3. The molecule has 1 amide bonds. The Morgan fingerprint density at radius 2 is 1.77 bits per heavy atom. The minimum atomic E-state index is -3.21. The van der Waals surface area contributed by atoms with E-state index in [-0.39, 0.29) is 11.7 Å². The maximum Gasteiger partial charge on any atom is 0.233 e. The largest absolute Gasteiger partial charge is 0.345 e. The van der Waals surface area contributed by atoms with E-state index in [2.05, 4.69) is 13.8 Å². The van der Waals surface area contributed by atoms with Gasteiger partial charge >= 0.3 is 0 Å². The maximum atomic E-state index is 13.4. The van der Waals surface area contributed by atoms with E-state index >= 15 is 0 Å². The van der Waals surface area contributed by atoms with Crippen LogP contribution in [0.1, 0.15) is 45.6 Å². The van der Waals surface area contributed by atoms with Crippen LogP contribution < -0.4 is 0 Å². The molecule has 0 aliphatic carbocycles. The van der Waals surface area contributed by atoms with Crippen molar-refractivity contribution in [2.45, 2.75) is 45.4 Å². The number of rotatable bonds is 7. The fourth-order valence-corrected chi connectivity index (χ4v) is 4.73. The first-order valence-electron chi connectivity index (χ1n) is 9.52. The van der Waals surface area contributed by atoms with Crippen LogP contribution in [0, 0.1) is 5.92 Å². The van der Waals surface area contributed by atoms with Crippen molar-refractivity contribution in [3.8, 4) is 0 Å². The smallest absolute Gasteiger partial charge is 0.233 e. The Balaban J connectivity index is 2.27. The van der Waals surface area contributed by atoms with Crippen molar-refractivity contribution in [1.82, 2.24) is 9.21 Å². The van der Waals surface area contributed by atoms with Gasteiger partial charge in [0.05, 0.1) is 11.2 Å². The van der Waals surface area contributed by atoms with E-state index in [0.717, 1.165) is 18.5 Å². The number of hydrogen-bond donors (Lipinski definition) is 0. The SMILES string of the molecule is CCS(=O)(=O)N1CCC(C(=O)N(C)CCC(C)C)(c2ccccc2)CC1. The average Bonchev–Trinajstić information content (AvgIpc) is 2.66. The van der Waals surface area contributed by atoms with E-state index in [1.165, 1.54) is 4.31 Å². The molecule has 5 nitrogen and oxygen atoms in total. The first kappa shape index (κ1) is 20.9. The zero-order chi connectivity index (χ0) is 19.4. The predicted octanol–water partition coefficient (Wildman–Crippen LogP) is 2.87. The lowest BCUT2D eigenvalue weighted by molar-refractivity contribution is -0.137. The minimum Gasteiger partial charge on any atom is -0.345 e. The second kappa shape index (κ2) is 8.53. The molecule has 0 bridgehead atoms. The van der Waals surface area contributed by atoms with Gasteiger partial charge in [0.25, 0.3) is 0 Å². The van der Waals surface area contributed by atoms with E-state index in [4.69, 9.17) is 0 Å². The molecule has 1 aliphatic heterocycles. The molecule has 0 radical (unpaired) electrons. The molecule has 0 spiro atoms. The van der Waals surface area contributed by atoms with Crippen LogP contribution in [0.4, 0.5) is 0 Å². The zero-order valence-corrected chi connectivity index (χ0v) is 17.3. The third-order valence-corrected chi connectivity index (χ3v) is 7.34. The molecule has 0 atom stereocenters. The zero-order valence-electron chi connectivity index (χ0n) is 16.4. The van der Waals surface area contributed by atoms with Gasteiger partial charge in [0.15, 0.2) is 0 Å². The van der Waals surface area contributed by atoms with Crippen LogP contribution in [0.3, 0.4) is 0 Å². The fraction of sp³-hybridized carbons (Fsp3) is 0.650. The predicted molar refractivity (Wildman–Crippen MR) is 105 cm³/mol. The van der Waals surface area contributed by atoms with Crippen molar-refractivity contribution in [1.29, 1.82) is 0 Å². The Kier molecular flexibility index (Phi) is 6.86. The molecule has 1 aliphatic rings. The van der Waals surface area contributed by atoms with Crippen LogP contribution in [-0.4, -0.2) is 56.0 Å². The molecule has 1 aromatic carbocycles. The molecule has 1 heterocycles. The molecule has 26 heavy (non-hydrogen) atoms. The van der Waals surface area contributed by atoms with E-state index in [1.54, 1.807) is 6.92 Å². The van der Waals surface area contributed by atoms with Crippen molar-refractivity contribution in [3.63, 3.8) is 0 Å². The highest BCUT2D eigenvalue weighted by molar-refractivity contribution is 7.89. The number of piperidine rings is 1. The van der Waals surface area contributed by atoms with Gasteiger partial charge in [-0.05, 0) is 37.7 Å². The monoisotopic (exact) mass is 380 g/mol. The Bertz CT molecular complexity index is 693. The summed E-state index contributed by atoms with van der Waals surface area (Å²) < 4.78 is 26.0. The molecular weight excluding hydrogens is 348 g/mol. The minimum absolute atomic E-state index is 0.105. The van der Waals surface area contributed by atoms with Crippen molar-refractivity contribution >= 4 is 15.9 Å². The molecule has 1 fully saturated rings. The molecule has 2 rings (SSSR count). The van der Waals surface area contributed by atoms with Crippen LogP contribution >= 0.6 is 0 Å². The number of carbonyl (C=O) groups excluding carboxylic acids is 1. The molecule has 0 unspecified atom stereocenters. The number of sulfonamides is 1. The summed E-state index contributed by atoms with van der Waals surface area (Å²) in [7, 11) is -1.35. The van der Waals surface area contributed by atoms with Crippen LogP contribution in [0.25, 0.3) is 0 Å². The molecule has 0 saturated carbocycles. The number of nitrogens with zero attached hydrogens (tertiary/aromatic N) is 2. The molecular formula is C20H32N2O3S. The Morgan fingerprint density at radius 3 is 2.27 bits per heavy atom. The highest BCUT2D eigenvalue weighted by atomic mass is 32.2. The third-order valence-electron chi connectivity index (χ3n) is 5.46. The molecule has 6 heteroatoms. The van der Waals surface area contributed by atoms with Gasteiger partial charge < -0.3 is 4.90 Å². The van der Waals surface area contributed by atoms with Gasteiger partial charge in [-0.2, -0.15) is 0 Å². The highest BCUT2D eigenvalue weighted by Crippen LogP contribution is 2.38. The van der Waals surface area contributed by atoms with Gasteiger partial charge in [-0.3, -0.25) is 4.79 Å². The van der Waals surface area contributed by atoms with Crippen LogP contribution in [-0.2, 0) is 20.2 Å². The van der Waals surface area contributed by atoms with Gasteiger partial charge in [-0.25, -0.2) is 12.7 Å². The van der Waals surface area contributed by atoms with E-state index in [1.807, 2.05) is 42.3 Å². The lowest BCUT2D eigenvalue weighted by atomic mass is 9.72. The van der Waals surface area contributed by atoms with E-state index in [9.17, 15) is 13.2 Å². The molecule has 1 saturated heterocycles. The lowest BCUT2D eigenvalue weighted by Gasteiger charge is -2.42. The van der Waals surface area contributed by atoms with Gasteiger partial charge in [0.1, 0.15) is 0 Å². The average molecular weight is 381 g/mol. The number of likely N-dealkylation sites (N-methyl/N-ethyl adjacent to an activating group) is 1. The molecule has 0 N–H and O–H groups in total. The van der Waals surface area contributed by atoms with Gasteiger partial charge in [0.2, 0.25) is 15.9 Å². The van der Waals surface area contributed by atoms with Crippen LogP contribution in [0.15, 0.2) is 30.3 Å². The Labute approximate surface area is 158 Å². The normalized spacial score (nSPS) is 18.0. The van der Waals surface area contributed by atoms with Gasteiger partial charge in [-0.1, -0.05) is 44.2 Å². The topological polar surface area (TPSA) is 57.7 Å². The second-order valence-corrected chi connectivity index (χ2v) is 9.91. The second-order valence-electron chi connectivity index (χ2n) is 7.66. The summed E-state index contributed by atoms with van der Waals surface area (Å²) in [6.07, 6.45) is 2.02. The first-order valence-corrected chi connectivity index (χ1v) is 11.1. The van der Waals surface area contributed by atoms with Crippen molar-refractivity contribution in [3.05, 3.63) is 35.9 Å². The first-order chi connectivity index (χ1) is 12.2. The summed E-state index contributed by atoms with van der Waals surface area (Å²) in [5.74, 6) is 0.750. The Hall–Kier alpha value is -1.40. The summed E-state index contributed by atoms with van der Waals surface area (Å²) in [6, 6.07) is 9.85. The number of amides is 1. The summed E-state index contributed by atoms with van der Waals surface area (Å²) in [5.41, 5.74) is 0.363. The number of carbonyl (C=O) groups is 1. The molecule has 0 aromatic heterocycles.